The summed E-state index contributed by atoms with van der Waals surface area (Å²) in [6.07, 6.45) is 2.36. The maximum atomic E-state index is 11.3. The second kappa shape index (κ2) is 4.71. The Morgan fingerprint density at radius 3 is 2.58 bits per heavy atom. The van der Waals surface area contributed by atoms with Crippen LogP contribution in [0.4, 0.5) is 5.69 Å². The van der Waals surface area contributed by atoms with E-state index in [1.807, 2.05) is 0 Å². The summed E-state index contributed by atoms with van der Waals surface area (Å²) < 4.78 is 0. The fourth-order valence-corrected chi connectivity index (χ4v) is 1.58. The van der Waals surface area contributed by atoms with E-state index < -0.39 is 16.7 Å². The monoisotopic (exact) mass is 260 g/mol. The van der Waals surface area contributed by atoms with Crippen molar-refractivity contribution in [3.05, 3.63) is 51.5 Å². The van der Waals surface area contributed by atoms with Crippen molar-refractivity contribution in [1.29, 1.82) is 0 Å². The minimum atomic E-state index is -0.888. The number of nitro benzene ring substituents is 1. The number of benzene rings is 1. The minimum absolute atomic E-state index is 0.0435. The predicted molar refractivity (Wildman–Crippen MR) is 62.3 cm³/mol. The predicted octanol–water partition coefficient (Wildman–Crippen LogP) is -0.670. The lowest BCUT2D eigenvalue weighted by Crippen LogP contribution is -2.29. The van der Waals surface area contributed by atoms with Gasteiger partial charge in [-0.25, -0.2) is 4.79 Å². The Hall–Kier alpha value is -2.99. The van der Waals surface area contributed by atoms with Crippen LogP contribution < -0.4 is 10.8 Å². The maximum Gasteiger partial charge on any atom is 0.337 e. The lowest BCUT2D eigenvalue weighted by Gasteiger charge is -2.08. The molecule has 0 aromatic heterocycles. The van der Waals surface area contributed by atoms with E-state index in [0.29, 0.717) is 5.56 Å². The molecule has 2 rings (SSSR count). The van der Waals surface area contributed by atoms with Crippen molar-refractivity contribution in [3.8, 4) is 0 Å². The lowest BCUT2D eigenvalue weighted by atomic mass is 10.2. The Morgan fingerprint density at radius 2 is 2.05 bits per heavy atom. The topological polar surface area (TPSA) is 125 Å². The summed E-state index contributed by atoms with van der Waals surface area (Å²) in [4.78, 5) is 25.6. The van der Waals surface area contributed by atoms with Crippen LogP contribution in [0, 0.1) is 10.1 Å². The fourth-order valence-electron chi connectivity index (χ4n) is 1.58. The van der Waals surface area contributed by atoms with Crippen LogP contribution in [0.25, 0.3) is 0 Å². The number of aliphatic imine (C=N–C) groups is 1. The first-order valence-electron chi connectivity index (χ1n) is 5.17. The number of nitrogens with zero attached hydrogens (tertiary/aromatic N) is 3. The van der Waals surface area contributed by atoms with Crippen molar-refractivity contribution >= 4 is 17.9 Å². The Balaban J connectivity index is 2.16. The third-order valence-electron chi connectivity index (χ3n) is 2.47. The number of hydrogen-bond acceptors (Lipinski definition) is 6. The average molecular weight is 260 g/mol. The van der Waals surface area contributed by atoms with Crippen molar-refractivity contribution in [2.75, 3.05) is 0 Å². The van der Waals surface area contributed by atoms with Crippen molar-refractivity contribution in [1.82, 2.24) is 4.90 Å². The fraction of sp³-hybridized carbons (Fsp3) is 0.0909. The van der Waals surface area contributed by atoms with Gasteiger partial charge < -0.3 is 10.8 Å². The number of amides is 1. The van der Waals surface area contributed by atoms with Crippen molar-refractivity contribution < 1.29 is 14.8 Å². The molecule has 1 aliphatic heterocycles. The number of nitrogens with two attached hydrogens (primary N) is 1. The van der Waals surface area contributed by atoms with Gasteiger partial charge in [-0.05, 0) is 10.6 Å². The first-order valence-corrected chi connectivity index (χ1v) is 5.17. The summed E-state index contributed by atoms with van der Waals surface area (Å²) in [5.74, 6) is -1.63. The van der Waals surface area contributed by atoms with Gasteiger partial charge in [-0.2, -0.15) is 4.90 Å². The number of non-ortho nitro benzene ring substituents is 1. The zero-order valence-corrected chi connectivity index (χ0v) is 9.57. The minimum Gasteiger partial charge on any atom is -0.787 e. The highest BCUT2D eigenvalue weighted by molar-refractivity contribution is 5.95. The molecule has 2 N–H and O–H groups in total. The van der Waals surface area contributed by atoms with Crippen LogP contribution in [-0.2, 0) is 11.3 Å². The Kier molecular flexibility index (Phi) is 3.09. The smallest absolute Gasteiger partial charge is 0.337 e. The molecule has 0 bridgehead atoms. The standard InChI is InChI=1S/C11H8N4O4/c12-10(16)9-11(17)13-6-14(9)5-7-1-3-8(4-2-7)15(18)19/h1-4H,5H2,(H2-,12,16,17). The summed E-state index contributed by atoms with van der Waals surface area (Å²) in [5, 5.41) is 21.8. The van der Waals surface area contributed by atoms with Gasteiger partial charge in [-0.1, -0.05) is 12.1 Å². The first kappa shape index (κ1) is 12.5. The number of rotatable bonds is 4. The highest BCUT2D eigenvalue weighted by atomic mass is 16.6. The first-order chi connectivity index (χ1) is 8.99. The second-order valence-corrected chi connectivity index (χ2v) is 3.74. The summed E-state index contributed by atoms with van der Waals surface area (Å²) in [6, 6.07) is 5.69. The molecule has 0 fully saturated rings. The average Bonchev–Trinajstić information content (AvgIpc) is 2.71. The number of nitro groups is 1. The van der Waals surface area contributed by atoms with E-state index in [1.54, 1.807) is 0 Å². The number of hydrogen-bond donors (Lipinski definition) is 1. The van der Waals surface area contributed by atoms with Gasteiger partial charge >= 0.3 is 5.91 Å². The van der Waals surface area contributed by atoms with Gasteiger partial charge in [0.15, 0.2) is 0 Å². The van der Waals surface area contributed by atoms with E-state index in [1.165, 1.54) is 29.2 Å². The summed E-state index contributed by atoms with van der Waals surface area (Å²) >= 11 is 0. The maximum absolute atomic E-state index is 11.3. The van der Waals surface area contributed by atoms with Crippen LogP contribution in [0.3, 0.4) is 0 Å². The molecule has 0 unspecified atom stereocenters. The van der Waals surface area contributed by atoms with Crippen LogP contribution in [0.2, 0.25) is 0 Å². The molecule has 1 aromatic carbocycles. The molecule has 0 spiro atoms. The molecule has 8 heteroatoms. The highest BCUT2D eigenvalue weighted by Gasteiger charge is 2.31. The van der Waals surface area contributed by atoms with E-state index >= 15 is 0 Å². The van der Waals surface area contributed by atoms with Crippen molar-refractivity contribution in [3.63, 3.8) is 0 Å². The van der Waals surface area contributed by atoms with E-state index in [-0.39, 0.29) is 17.9 Å². The van der Waals surface area contributed by atoms with E-state index in [2.05, 4.69) is 11.3 Å². The molecule has 0 saturated heterocycles. The van der Waals surface area contributed by atoms with Gasteiger partial charge in [0.25, 0.3) is 17.7 Å². The van der Waals surface area contributed by atoms with Gasteiger partial charge in [0, 0.05) is 12.1 Å². The molecular weight excluding hydrogens is 252 g/mol. The number of carbonyl (C=O) groups is 1. The van der Waals surface area contributed by atoms with Gasteiger partial charge in [-0.3, -0.25) is 10.1 Å². The van der Waals surface area contributed by atoms with Crippen LogP contribution in [0.15, 0.2) is 40.8 Å². The van der Waals surface area contributed by atoms with Crippen LogP contribution in [0.1, 0.15) is 5.56 Å². The zero-order chi connectivity index (χ0) is 14.0. The normalized spacial score (nSPS) is 13.6. The molecule has 0 radical (unpaired) electrons. The molecular formula is C11H8N4O4. The molecule has 1 aliphatic rings. The Morgan fingerprint density at radius 1 is 1.42 bits per heavy atom. The molecule has 1 amide bonds. The molecule has 0 atom stereocenters. The summed E-state index contributed by atoms with van der Waals surface area (Å²) in [6.45, 7) is 0.130. The highest BCUT2D eigenvalue weighted by Crippen LogP contribution is 2.18. The quantitative estimate of drug-likeness (QED) is 0.436. The number of carbonyl (C=O) groups excluding carboxylic acids is 1. The van der Waals surface area contributed by atoms with Crippen LogP contribution >= 0.6 is 0 Å². The van der Waals surface area contributed by atoms with Crippen molar-refractivity contribution in [2.24, 2.45) is 10.7 Å². The molecule has 8 nitrogen and oxygen atoms in total. The largest absolute Gasteiger partial charge is 0.787 e. The Bertz CT molecular complexity index is 591. The second-order valence-electron chi connectivity index (χ2n) is 3.74. The molecule has 96 valence electrons. The third kappa shape index (κ3) is 2.48. The summed E-state index contributed by atoms with van der Waals surface area (Å²) in [5.41, 5.74) is 5.41. The van der Waals surface area contributed by atoms with Crippen LogP contribution in [0.5, 0.6) is 0 Å². The van der Waals surface area contributed by atoms with Gasteiger partial charge in [0.05, 0.1) is 11.5 Å². The Labute approximate surface area is 107 Å². The molecule has 0 saturated carbocycles. The SMILES string of the molecule is NC(=O)C1=C([O-])N=[C+]N1Cc1ccc([N+](=O)[O-])cc1. The lowest BCUT2D eigenvalue weighted by molar-refractivity contribution is -0.384. The number of primary amides is 1. The van der Waals surface area contributed by atoms with Crippen LogP contribution in [-0.4, -0.2) is 22.1 Å². The van der Waals surface area contributed by atoms with Crippen molar-refractivity contribution in [2.45, 2.75) is 6.54 Å². The molecule has 1 aromatic rings. The molecule has 19 heavy (non-hydrogen) atoms. The summed E-state index contributed by atoms with van der Waals surface area (Å²) in [7, 11) is 0. The zero-order valence-electron chi connectivity index (χ0n) is 9.57. The van der Waals surface area contributed by atoms with Gasteiger partial charge in [-0.15, -0.1) is 0 Å². The van der Waals surface area contributed by atoms with Gasteiger partial charge in [0.1, 0.15) is 0 Å². The van der Waals surface area contributed by atoms with E-state index in [9.17, 15) is 20.0 Å². The third-order valence-corrected chi connectivity index (χ3v) is 2.47. The molecule has 0 aliphatic carbocycles. The van der Waals surface area contributed by atoms with Gasteiger partial charge in [0.2, 0.25) is 5.88 Å². The van der Waals surface area contributed by atoms with E-state index in [0.717, 1.165) is 0 Å². The molecule has 1 heterocycles. The van der Waals surface area contributed by atoms with E-state index in [4.69, 9.17) is 5.73 Å².